The van der Waals surface area contributed by atoms with Gasteiger partial charge in [0.1, 0.15) is 0 Å². The van der Waals surface area contributed by atoms with Crippen LogP contribution in [-0.2, 0) is 9.59 Å². The smallest absolute Gasteiger partial charge is 0.303 e. The fourth-order valence-corrected chi connectivity index (χ4v) is 2.20. The SMILES string of the molecule is CC(C)(CCC(=O)O)NC(=O)CNC(=O)c1cccs1. The molecule has 0 unspecified atom stereocenters. The normalized spacial score (nSPS) is 10.9. The molecule has 1 aromatic rings. The lowest BCUT2D eigenvalue weighted by Gasteiger charge is -2.25. The predicted molar refractivity (Wildman–Crippen MR) is 75.7 cm³/mol. The van der Waals surface area contributed by atoms with E-state index in [2.05, 4.69) is 10.6 Å². The minimum atomic E-state index is -0.904. The molecular formula is C13H18N2O4S. The molecule has 20 heavy (non-hydrogen) atoms. The Balaban J connectivity index is 2.36. The highest BCUT2D eigenvalue weighted by Crippen LogP contribution is 2.11. The Kier molecular flexibility index (Phi) is 5.69. The molecule has 0 atom stereocenters. The summed E-state index contributed by atoms with van der Waals surface area (Å²) in [4.78, 5) is 34.4. The molecule has 0 spiro atoms. The Hall–Kier alpha value is -1.89. The van der Waals surface area contributed by atoms with Gasteiger partial charge in [-0.3, -0.25) is 14.4 Å². The minimum absolute atomic E-state index is 0.0190. The van der Waals surface area contributed by atoms with Crippen LogP contribution in [0.5, 0.6) is 0 Å². The molecule has 3 N–H and O–H groups in total. The van der Waals surface area contributed by atoms with Gasteiger partial charge in [-0.05, 0) is 31.7 Å². The van der Waals surface area contributed by atoms with E-state index < -0.39 is 11.5 Å². The highest BCUT2D eigenvalue weighted by molar-refractivity contribution is 7.12. The van der Waals surface area contributed by atoms with Crippen molar-refractivity contribution in [1.82, 2.24) is 10.6 Å². The van der Waals surface area contributed by atoms with E-state index in [1.165, 1.54) is 11.3 Å². The number of hydrogen-bond donors (Lipinski definition) is 3. The highest BCUT2D eigenvalue weighted by atomic mass is 32.1. The van der Waals surface area contributed by atoms with Gasteiger partial charge in [0.25, 0.3) is 5.91 Å². The summed E-state index contributed by atoms with van der Waals surface area (Å²) in [6, 6.07) is 3.43. The molecule has 0 bridgehead atoms. The summed E-state index contributed by atoms with van der Waals surface area (Å²) in [6.45, 7) is 3.36. The second kappa shape index (κ2) is 7.04. The van der Waals surface area contributed by atoms with Crippen LogP contribution >= 0.6 is 11.3 Å². The maximum atomic E-state index is 11.7. The number of nitrogens with one attached hydrogen (secondary N) is 2. The van der Waals surface area contributed by atoms with Crippen LogP contribution in [0.4, 0.5) is 0 Å². The zero-order chi connectivity index (χ0) is 15.2. The summed E-state index contributed by atoms with van der Waals surface area (Å²) < 4.78 is 0. The lowest BCUT2D eigenvalue weighted by Crippen LogP contribution is -2.47. The van der Waals surface area contributed by atoms with Gasteiger partial charge >= 0.3 is 5.97 Å². The van der Waals surface area contributed by atoms with Gasteiger partial charge < -0.3 is 15.7 Å². The zero-order valence-corrected chi connectivity index (χ0v) is 12.3. The van der Waals surface area contributed by atoms with Gasteiger partial charge in [-0.15, -0.1) is 11.3 Å². The molecule has 2 amide bonds. The van der Waals surface area contributed by atoms with E-state index in [-0.39, 0.29) is 24.8 Å². The van der Waals surface area contributed by atoms with E-state index in [0.717, 1.165) is 0 Å². The molecule has 1 heterocycles. The van der Waals surface area contributed by atoms with Crippen LogP contribution in [0.15, 0.2) is 17.5 Å². The standard InChI is InChI=1S/C13H18N2O4S/c1-13(2,6-5-11(17)18)15-10(16)8-14-12(19)9-4-3-7-20-9/h3-4,7H,5-6,8H2,1-2H3,(H,14,19)(H,15,16)(H,17,18). The second-order valence-corrected chi connectivity index (χ2v) is 5.93. The van der Waals surface area contributed by atoms with Gasteiger partial charge in [-0.25, -0.2) is 0 Å². The van der Waals surface area contributed by atoms with Crippen LogP contribution in [-0.4, -0.2) is 35.0 Å². The molecular weight excluding hydrogens is 280 g/mol. The van der Waals surface area contributed by atoms with E-state index in [1.807, 2.05) is 0 Å². The maximum Gasteiger partial charge on any atom is 0.303 e. The van der Waals surface area contributed by atoms with Gasteiger partial charge in [0.2, 0.25) is 5.91 Å². The third-order valence-corrected chi connectivity index (χ3v) is 3.46. The molecule has 0 radical (unpaired) electrons. The molecule has 0 saturated carbocycles. The summed E-state index contributed by atoms with van der Waals surface area (Å²) in [5.41, 5.74) is -0.622. The molecule has 110 valence electrons. The van der Waals surface area contributed by atoms with Crippen molar-refractivity contribution in [2.45, 2.75) is 32.2 Å². The molecule has 1 aromatic heterocycles. The molecule has 0 aromatic carbocycles. The van der Waals surface area contributed by atoms with E-state index >= 15 is 0 Å². The van der Waals surface area contributed by atoms with Crippen molar-refractivity contribution in [2.24, 2.45) is 0 Å². The number of carbonyl (C=O) groups excluding carboxylic acids is 2. The average Bonchev–Trinajstić information content (AvgIpc) is 2.87. The lowest BCUT2D eigenvalue weighted by atomic mass is 9.98. The summed E-state index contributed by atoms with van der Waals surface area (Å²) in [6.07, 6.45) is 0.307. The van der Waals surface area contributed by atoms with Gasteiger partial charge in [-0.1, -0.05) is 6.07 Å². The first-order chi connectivity index (χ1) is 9.30. The van der Waals surface area contributed by atoms with Crippen LogP contribution in [0.2, 0.25) is 0 Å². The first kappa shape index (κ1) is 16.2. The maximum absolute atomic E-state index is 11.7. The van der Waals surface area contributed by atoms with Crippen LogP contribution in [0, 0.1) is 0 Å². The first-order valence-electron chi connectivity index (χ1n) is 6.15. The molecule has 1 rings (SSSR count). The zero-order valence-electron chi connectivity index (χ0n) is 11.4. The number of aliphatic carboxylic acids is 1. The molecule has 0 aliphatic rings. The minimum Gasteiger partial charge on any atom is -0.481 e. The van der Waals surface area contributed by atoms with E-state index in [1.54, 1.807) is 31.4 Å². The lowest BCUT2D eigenvalue weighted by molar-refractivity contribution is -0.137. The summed E-state index contributed by atoms with van der Waals surface area (Å²) in [5.74, 6) is -1.54. The topological polar surface area (TPSA) is 95.5 Å². The number of amides is 2. The molecule has 7 heteroatoms. The van der Waals surface area contributed by atoms with E-state index in [9.17, 15) is 14.4 Å². The van der Waals surface area contributed by atoms with Gasteiger partial charge in [0, 0.05) is 12.0 Å². The van der Waals surface area contributed by atoms with Crippen molar-refractivity contribution < 1.29 is 19.5 Å². The molecule has 0 saturated heterocycles. The third-order valence-electron chi connectivity index (χ3n) is 2.60. The van der Waals surface area contributed by atoms with Crippen molar-refractivity contribution >= 4 is 29.1 Å². The number of carboxylic acid groups (broad SMARTS) is 1. The number of rotatable bonds is 7. The number of carboxylic acids is 1. The van der Waals surface area contributed by atoms with Crippen LogP contribution < -0.4 is 10.6 Å². The summed E-state index contributed by atoms with van der Waals surface area (Å²) in [7, 11) is 0. The number of thiophene rings is 1. The van der Waals surface area contributed by atoms with Crippen molar-refractivity contribution in [3.63, 3.8) is 0 Å². The summed E-state index contributed by atoms with van der Waals surface area (Å²) >= 11 is 1.30. The highest BCUT2D eigenvalue weighted by Gasteiger charge is 2.21. The largest absolute Gasteiger partial charge is 0.481 e. The van der Waals surface area contributed by atoms with Crippen molar-refractivity contribution in [3.05, 3.63) is 22.4 Å². The summed E-state index contributed by atoms with van der Waals surface area (Å²) in [5, 5.41) is 15.6. The van der Waals surface area contributed by atoms with Gasteiger partial charge in [0.05, 0.1) is 11.4 Å². The molecule has 0 aliphatic heterocycles. The number of carbonyl (C=O) groups is 3. The number of hydrogen-bond acceptors (Lipinski definition) is 4. The fourth-order valence-electron chi connectivity index (χ4n) is 1.56. The Morgan fingerprint density at radius 1 is 1.35 bits per heavy atom. The van der Waals surface area contributed by atoms with E-state index in [0.29, 0.717) is 11.3 Å². The van der Waals surface area contributed by atoms with Crippen molar-refractivity contribution in [1.29, 1.82) is 0 Å². The van der Waals surface area contributed by atoms with E-state index in [4.69, 9.17) is 5.11 Å². The van der Waals surface area contributed by atoms with Gasteiger partial charge in [0.15, 0.2) is 0 Å². The molecule has 0 fully saturated rings. The van der Waals surface area contributed by atoms with Crippen LogP contribution in [0.3, 0.4) is 0 Å². The van der Waals surface area contributed by atoms with Crippen LogP contribution in [0.1, 0.15) is 36.4 Å². The third kappa shape index (κ3) is 5.83. The van der Waals surface area contributed by atoms with Crippen molar-refractivity contribution in [2.75, 3.05) is 6.54 Å². The Morgan fingerprint density at radius 2 is 2.05 bits per heavy atom. The molecule has 6 nitrogen and oxygen atoms in total. The molecule has 0 aliphatic carbocycles. The monoisotopic (exact) mass is 298 g/mol. The van der Waals surface area contributed by atoms with Crippen molar-refractivity contribution in [3.8, 4) is 0 Å². The predicted octanol–water partition coefficient (Wildman–Crippen LogP) is 1.24. The van der Waals surface area contributed by atoms with Gasteiger partial charge in [-0.2, -0.15) is 0 Å². The Morgan fingerprint density at radius 3 is 2.60 bits per heavy atom. The van der Waals surface area contributed by atoms with Crippen LogP contribution in [0.25, 0.3) is 0 Å². The first-order valence-corrected chi connectivity index (χ1v) is 7.03. The fraction of sp³-hybridized carbons (Fsp3) is 0.462. The Bertz CT molecular complexity index is 483. The average molecular weight is 298 g/mol. The quantitative estimate of drug-likeness (QED) is 0.705. The Labute approximate surface area is 121 Å². The second-order valence-electron chi connectivity index (χ2n) is 4.99.